The molecule has 2 nitrogen and oxygen atoms in total. The monoisotopic (exact) mass is 290 g/mol. The summed E-state index contributed by atoms with van der Waals surface area (Å²) in [5.74, 6) is 1.50. The molecule has 0 saturated carbocycles. The van der Waals surface area contributed by atoms with Crippen LogP contribution in [0.5, 0.6) is 0 Å². The molecule has 3 heteroatoms. The molecular formula is C16H38N2S. The van der Waals surface area contributed by atoms with Crippen LogP contribution < -0.4 is 10.6 Å². The van der Waals surface area contributed by atoms with E-state index in [1.807, 2.05) is 25.6 Å². The molecule has 3 atom stereocenters. The fraction of sp³-hybridized carbons (Fsp3) is 0.875. The highest BCUT2D eigenvalue weighted by Gasteiger charge is 2.25. The molecule has 0 saturated heterocycles. The standard InChI is InChI=1S/C11H22N2S.C3H8.C2H6.H2/c1-4-10(8-12-5-2)9(3)11-13-6-7-14-11;1-3-2;1-2;/h6-7,9-13H,4-5,8H2,1-3H3;3H2,1-2H3;1-2H3;1H/t9-,10-,11?;;;/m0.../s1. The van der Waals surface area contributed by atoms with Crippen LogP contribution in [0.25, 0.3) is 0 Å². The average Bonchev–Trinajstić information content (AvgIpc) is 2.96. The van der Waals surface area contributed by atoms with Crippen molar-refractivity contribution in [2.45, 2.75) is 66.7 Å². The number of hydrogen-bond donors (Lipinski definition) is 2. The van der Waals surface area contributed by atoms with Crippen molar-refractivity contribution in [3.8, 4) is 0 Å². The van der Waals surface area contributed by atoms with Gasteiger partial charge in [-0.2, -0.15) is 0 Å². The fourth-order valence-corrected chi connectivity index (χ4v) is 2.81. The largest absolute Gasteiger partial charge is 0.378 e. The van der Waals surface area contributed by atoms with Crippen LogP contribution in [0.15, 0.2) is 11.6 Å². The molecule has 0 aliphatic carbocycles. The summed E-state index contributed by atoms with van der Waals surface area (Å²) in [7, 11) is 0. The molecule has 0 aromatic heterocycles. The third-order valence-corrected chi connectivity index (χ3v) is 4.11. The average molecular weight is 291 g/mol. The van der Waals surface area contributed by atoms with Gasteiger partial charge in [-0.05, 0) is 30.3 Å². The van der Waals surface area contributed by atoms with Gasteiger partial charge in [-0.3, -0.25) is 0 Å². The quantitative estimate of drug-likeness (QED) is 0.713. The molecule has 1 rings (SSSR count). The Bertz CT molecular complexity index is 193. The van der Waals surface area contributed by atoms with E-state index in [-0.39, 0.29) is 1.43 Å². The minimum Gasteiger partial charge on any atom is -0.378 e. The van der Waals surface area contributed by atoms with E-state index in [9.17, 15) is 0 Å². The zero-order valence-electron chi connectivity index (χ0n) is 14.1. The molecule has 19 heavy (non-hydrogen) atoms. The normalized spacial score (nSPS) is 19.4. The SMILES string of the molecule is CC.CCC.CCNC[C@H](CC)[C@H](C)C1NC=CS1.[HH]. The molecule has 0 aromatic carbocycles. The molecular weight excluding hydrogens is 252 g/mol. The summed E-state index contributed by atoms with van der Waals surface area (Å²) in [6, 6.07) is 0. The molecule has 1 aliphatic rings. The second-order valence-electron chi connectivity index (χ2n) is 4.57. The Morgan fingerprint density at radius 2 is 1.84 bits per heavy atom. The maximum Gasteiger partial charge on any atom is 0.0787 e. The van der Waals surface area contributed by atoms with Crippen LogP contribution in [0, 0.1) is 11.8 Å². The first-order valence-electron chi connectivity index (χ1n) is 7.98. The van der Waals surface area contributed by atoms with Crippen LogP contribution in [0.2, 0.25) is 0 Å². The lowest BCUT2D eigenvalue weighted by Gasteiger charge is -2.27. The highest BCUT2D eigenvalue weighted by Crippen LogP contribution is 2.29. The Morgan fingerprint density at radius 3 is 2.21 bits per heavy atom. The van der Waals surface area contributed by atoms with Crippen molar-refractivity contribution < 1.29 is 1.43 Å². The maximum absolute atomic E-state index is 3.45. The topological polar surface area (TPSA) is 24.1 Å². The molecule has 0 bridgehead atoms. The van der Waals surface area contributed by atoms with Gasteiger partial charge in [-0.15, -0.1) is 11.8 Å². The molecule has 0 radical (unpaired) electrons. The van der Waals surface area contributed by atoms with Gasteiger partial charge in [0, 0.05) is 7.63 Å². The van der Waals surface area contributed by atoms with Gasteiger partial charge >= 0.3 is 0 Å². The van der Waals surface area contributed by atoms with Crippen molar-refractivity contribution in [1.29, 1.82) is 0 Å². The van der Waals surface area contributed by atoms with Gasteiger partial charge < -0.3 is 10.6 Å². The molecule has 0 spiro atoms. The molecule has 1 aliphatic heterocycles. The summed E-state index contributed by atoms with van der Waals surface area (Å²) >= 11 is 1.91. The highest BCUT2D eigenvalue weighted by molar-refractivity contribution is 8.02. The van der Waals surface area contributed by atoms with E-state index in [2.05, 4.69) is 56.9 Å². The summed E-state index contributed by atoms with van der Waals surface area (Å²) in [4.78, 5) is 0. The predicted octanol–water partition coefficient (Wildman–Crippen LogP) is 5.08. The molecule has 0 fully saturated rings. The summed E-state index contributed by atoms with van der Waals surface area (Å²) in [5.41, 5.74) is 0. The van der Waals surface area contributed by atoms with Crippen molar-refractivity contribution in [3.05, 3.63) is 11.6 Å². The van der Waals surface area contributed by atoms with Crippen LogP contribution in [0.4, 0.5) is 0 Å². The van der Waals surface area contributed by atoms with E-state index in [1.54, 1.807) is 0 Å². The Kier molecular flexibility index (Phi) is 17.7. The Morgan fingerprint density at radius 1 is 1.26 bits per heavy atom. The zero-order chi connectivity index (χ0) is 15.1. The van der Waals surface area contributed by atoms with E-state index >= 15 is 0 Å². The van der Waals surface area contributed by atoms with Crippen molar-refractivity contribution in [3.63, 3.8) is 0 Å². The minimum absolute atomic E-state index is 0. The molecule has 0 amide bonds. The van der Waals surface area contributed by atoms with Crippen molar-refractivity contribution >= 4 is 11.8 Å². The van der Waals surface area contributed by atoms with Crippen LogP contribution >= 0.6 is 11.8 Å². The number of nitrogens with one attached hydrogen (secondary N) is 2. The Hall–Kier alpha value is -0.150. The molecule has 2 N–H and O–H groups in total. The molecule has 118 valence electrons. The van der Waals surface area contributed by atoms with E-state index in [0.717, 1.165) is 24.9 Å². The first kappa shape index (κ1) is 21.2. The molecule has 1 heterocycles. The first-order valence-corrected chi connectivity index (χ1v) is 8.92. The van der Waals surface area contributed by atoms with Gasteiger partial charge in [0.25, 0.3) is 0 Å². The number of rotatable bonds is 6. The van der Waals surface area contributed by atoms with Gasteiger partial charge in [0.15, 0.2) is 0 Å². The minimum atomic E-state index is 0. The van der Waals surface area contributed by atoms with Crippen LogP contribution in [-0.2, 0) is 0 Å². The number of hydrogen-bond acceptors (Lipinski definition) is 3. The van der Waals surface area contributed by atoms with E-state index in [0.29, 0.717) is 5.37 Å². The maximum atomic E-state index is 3.45. The molecule has 1 unspecified atom stereocenters. The second-order valence-corrected chi connectivity index (χ2v) is 5.62. The zero-order valence-corrected chi connectivity index (χ0v) is 14.9. The second kappa shape index (κ2) is 15.9. The summed E-state index contributed by atoms with van der Waals surface area (Å²) in [6.07, 6.45) is 4.57. The first-order chi connectivity index (χ1) is 9.21. The van der Waals surface area contributed by atoms with Crippen LogP contribution in [-0.4, -0.2) is 18.5 Å². The summed E-state index contributed by atoms with van der Waals surface area (Å²) in [6.45, 7) is 17.3. The summed E-state index contributed by atoms with van der Waals surface area (Å²) < 4.78 is 0. The fourth-order valence-electron chi connectivity index (χ4n) is 1.85. The Labute approximate surface area is 127 Å². The third kappa shape index (κ3) is 10.3. The van der Waals surface area contributed by atoms with Crippen molar-refractivity contribution in [2.75, 3.05) is 13.1 Å². The van der Waals surface area contributed by atoms with Gasteiger partial charge in [-0.1, -0.05) is 61.3 Å². The summed E-state index contributed by atoms with van der Waals surface area (Å²) in [5, 5.41) is 9.58. The lowest BCUT2D eigenvalue weighted by molar-refractivity contribution is 0.315. The highest BCUT2D eigenvalue weighted by atomic mass is 32.2. The lowest BCUT2D eigenvalue weighted by atomic mass is 9.91. The molecule has 0 aromatic rings. The smallest absolute Gasteiger partial charge is 0.0787 e. The lowest BCUT2D eigenvalue weighted by Crippen LogP contribution is -2.35. The third-order valence-electron chi connectivity index (χ3n) is 2.96. The van der Waals surface area contributed by atoms with Crippen molar-refractivity contribution in [1.82, 2.24) is 10.6 Å². The van der Waals surface area contributed by atoms with Crippen LogP contribution in [0.1, 0.15) is 62.7 Å². The van der Waals surface area contributed by atoms with E-state index in [1.165, 1.54) is 12.8 Å². The van der Waals surface area contributed by atoms with Crippen molar-refractivity contribution in [2.24, 2.45) is 11.8 Å². The van der Waals surface area contributed by atoms with Gasteiger partial charge in [0.1, 0.15) is 0 Å². The van der Waals surface area contributed by atoms with Gasteiger partial charge in [0.05, 0.1) is 5.37 Å². The number of thioether (sulfide) groups is 1. The van der Waals surface area contributed by atoms with E-state index in [4.69, 9.17) is 0 Å². The Balaban J connectivity index is -0.000000426. The predicted molar refractivity (Wildman–Crippen MR) is 94.6 cm³/mol. The van der Waals surface area contributed by atoms with E-state index < -0.39 is 0 Å². The van der Waals surface area contributed by atoms with Gasteiger partial charge in [0.2, 0.25) is 0 Å². The van der Waals surface area contributed by atoms with Gasteiger partial charge in [-0.25, -0.2) is 0 Å². The van der Waals surface area contributed by atoms with Crippen LogP contribution in [0.3, 0.4) is 0 Å².